The van der Waals surface area contributed by atoms with Crippen LogP contribution in [0.2, 0.25) is 0 Å². The Balaban J connectivity index is 2.76. The van der Waals surface area contributed by atoms with E-state index >= 15 is 0 Å². The standard InChI is InChI=1S/C7H4F3N3O/c8-7(9,10)4-3-12-5-6(14)11-1-2-13(4)5/h1-3H,(H,11,14). The first kappa shape index (κ1) is 8.79. The molecule has 0 bridgehead atoms. The molecule has 0 fully saturated rings. The van der Waals surface area contributed by atoms with Gasteiger partial charge in [-0.1, -0.05) is 0 Å². The monoisotopic (exact) mass is 203 g/mol. The third-order valence-corrected chi connectivity index (χ3v) is 1.70. The Hall–Kier alpha value is -1.79. The highest BCUT2D eigenvalue weighted by atomic mass is 19.4. The van der Waals surface area contributed by atoms with Crippen molar-refractivity contribution >= 4 is 5.65 Å². The van der Waals surface area contributed by atoms with Gasteiger partial charge in [-0.3, -0.25) is 4.40 Å². The molecule has 0 radical (unpaired) electrons. The number of rotatable bonds is 0. The van der Waals surface area contributed by atoms with Crippen molar-refractivity contribution in [2.24, 2.45) is 0 Å². The maximum absolute atomic E-state index is 12.3. The third-order valence-electron chi connectivity index (χ3n) is 1.70. The molecule has 0 aliphatic heterocycles. The SMILES string of the molecule is Oc1nccn2c(C(F)(F)F)cnc12. The molecule has 0 amide bonds. The van der Waals surface area contributed by atoms with Crippen LogP contribution in [0.3, 0.4) is 0 Å². The predicted molar refractivity (Wildman–Crippen MR) is 39.7 cm³/mol. The summed E-state index contributed by atoms with van der Waals surface area (Å²) < 4.78 is 37.7. The molecule has 4 nitrogen and oxygen atoms in total. The van der Waals surface area contributed by atoms with Gasteiger partial charge in [-0.15, -0.1) is 0 Å². The lowest BCUT2D eigenvalue weighted by Gasteiger charge is -2.04. The Bertz CT molecular complexity index is 476. The van der Waals surface area contributed by atoms with Gasteiger partial charge in [0, 0.05) is 12.4 Å². The quantitative estimate of drug-likeness (QED) is 0.705. The van der Waals surface area contributed by atoms with E-state index in [0.717, 1.165) is 16.8 Å². The molecule has 0 saturated carbocycles. The molecule has 1 N–H and O–H groups in total. The number of imidazole rings is 1. The fourth-order valence-corrected chi connectivity index (χ4v) is 1.12. The van der Waals surface area contributed by atoms with E-state index in [2.05, 4.69) is 9.97 Å². The number of hydrogen-bond donors (Lipinski definition) is 1. The summed E-state index contributed by atoms with van der Waals surface area (Å²) in [5.74, 6) is -0.525. The molecule has 0 unspecified atom stereocenters. The summed E-state index contributed by atoms with van der Waals surface area (Å²) in [7, 11) is 0. The molecule has 7 heteroatoms. The van der Waals surface area contributed by atoms with E-state index in [4.69, 9.17) is 5.11 Å². The largest absolute Gasteiger partial charge is 0.491 e. The van der Waals surface area contributed by atoms with Crippen molar-refractivity contribution < 1.29 is 18.3 Å². The van der Waals surface area contributed by atoms with Crippen LogP contribution >= 0.6 is 0 Å². The molecule has 2 heterocycles. The van der Waals surface area contributed by atoms with Crippen LogP contribution in [0.15, 0.2) is 18.6 Å². The van der Waals surface area contributed by atoms with Crippen LogP contribution in [0.25, 0.3) is 5.65 Å². The van der Waals surface area contributed by atoms with Gasteiger partial charge >= 0.3 is 6.18 Å². The fourth-order valence-electron chi connectivity index (χ4n) is 1.12. The van der Waals surface area contributed by atoms with E-state index in [1.165, 1.54) is 0 Å². The molecular weight excluding hydrogens is 199 g/mol. The fraction of sp³-hybridized carbons (Fsp3) is 0.143. The van der Waals surface area contributed by atoms with E-state index in [1.54, 1.807) is 0 Å². The molecule has 0 spiro atoms. The molecule has 0 aromatic carbocycles. The van der Waals surface area contributed by atoms with E-state index in [0.29, 0.717) is 6.20 Å². The molecule has 0 aliphatic rings. The highest BCUT2D eigenvalue weighted by molar-refractivity contribution is 5.49. The van der Waals surface area contributed by atoms with E-state index in [-0.39, 0.29) is 5.65 Å². The minimum absolute atomic E-state index is 0.208. The van der Waals surface area contributed by atoms with Gasteiger partial charge in [0.1, 0.15) is 5.69 Å². The second-order valence-corrected chi connectivity index (χ2v) is 2.59. The van der Waals surface area contributed by atoms with Gasteiger partial charge in [-0.05, 0) is 0 Å². The van der Waals surface area contributed by atoms with Crippen molar-refractivity contribution in [3.63, 3.8) is 0 Å². The van der Waals surface area contributed by atoms with Crippen LogP contribution in [-0.2, 0) is 6.18 Å². The first-order chi connectivity index (χ1) is 6.50. The van der Waals surface area contributed by atoms with Crippen LogP contribution in [-0.4, -0.2) is 19.5 Å². The van der Waals surface area contributed by atoms with Crippen LogP contribution < -0.4 is 0 Å². The molecule has 0 saturated heterocycles. The number of alkyl halides is 3. The maximum atomic E-state index is 12.3. The topological polar surface area (TPSA) is 50.4 Å². The second-order valence-electron chi connectivity index (χ2n) is 2.59. The molecule has 0 atom stereocenters. The van der Waals surface area contributed by atoms with Gasteiger partial charge in [0.2, 0.25) is 5.65 Å². The van der Waals surface area contributed by atoms with Crippen LogP contribution in [0, 0.1) is 0 Å². The normalized spacial score (nSPS) is 12.2. The summed E-state index contributed by atoms with van der Waals surface area (Å²) in [6, 6.07) is 0. The summed E-state index contributed by atoms with van der Waals surface area (Å²) in [5.41, 5.74) is -1.15. The Labute approximate surface area is 75.6 Å². The Kier molecular flexibility index (Phi) is 1.63. The van der Waals surface area contributed by atoms with E-state index < -0.39 is 17.8 Å². The van der Waals surface area contributed by atoms with Crippen LogP contribution in [0.4, 0.5) is 13.2 Å². The molecule has 2 rings (SSSR count). The molecule has 2 aromatic rings. The number of aromatic hydroxyl groups is 1. The van der Waals surface area contributed by atoms with Crippen molar-refractivity contribution in [1.82, 2.24) is 14.4 Å². The zero-order valence-electron chi connectivity index (χ0n) is 6.65. The molecule has 14 heavy (non-hydrogen) atoms. The zero-order chi connectivity index (χ0) is 10.3. The lowest BCUT2D eigenvalue weighted by molar-refractivity contribution is -0.141. The van der Waals surface area contributed by atoms with E-state index in [1.807, 2.05) is 0 Å². The van der Waals surface area contributed by atoms with Crippen molar-refractivity contribution in [3.05, 3.63) is 24.3 Å². The lowest BCUT2D eigenvalue weighted by atomic mass is 10.4. The second kappa shape index (κ2) is 2.60. The van der Waals surface area contributed by atoms with Gasteiger partial charge in [0.25, 0.3) is 5.88 Å². The highest BCUT2D eigenvalue weighted by Gasteiger charge is 2.34. The zero-order valence-corrected chi connectivity index (χ0v) is 6.65. The van der Waals surface area contributed by atoms with Crippen molar-refractivity contribution in [1.29, 1.82) is 0 Å². The number of fused-ring (bicyclic) bond motifs is 1. The first-order valence-electron chi connectivity index (χ1n) is 3.58. The van der Waals surface area contributed by atoms with Crippen LogP contribution in [0.1, 0.15) is 5.69 Å². The molecule has 2 aromatic heterocycles. The van der Waals surface area contributed by atoms with Gasteiger partial charge in [-0.2, -0.15) is 13.2 Å². The Morgan fingerprint density at radius 3 is 2.64 bits per heavy atom. The van der Waals surface area contributed by atoms with Gasteiger partial charge < -0.3 is 5.11 Å². The summed E-state index contributed by atoms with van der Waals surface area (Å²) in [6.07, 6.45) is -1.69. The summed E-state index contributed by atoms with van der Waals surface area (Å²) in [5, 5.41) is 9.09. The lowest BCUT2D eigenvalue weighted by Crippen LogP contribution is -2.08. The minimum Gasteiger partial charge on any atom is -0.491 e. The highest BCUT2D eigenvalue weighted by Crippen LogP contribution is 2.30. The third kappa shape index (κ3) is 1.17. The van der Waals surface area contributed by atoms with Gasteiger partial charge in [-0.25, -0.2) is 9.97 Å². The summed E-state index contributed by atoms with van der Waals surface area (Å²) >= 11 is 0. The smallest absolute Gasteiger partial charge is 0.433 e. The summed E-state index contributed by atoms with van der Waals surface area (Å²) in [4.78, 5) is 6.82. The van der Waals surface area contributed by atoms with Crippen LogP contribution in [0.5, 0.6) is 5.88 Å². The maximum Gasteiger partial charge on any atom is 0.433 e. The number of nitrogens with zero attached hydrogens (tertiary/aromatic N) is 3. The first-order valence-corrected chi connectivity index (χ1v) is 3.58. The van der Waals surface area contributed by atoms with Crippen molar-refractivity contribution in [3.8, 4) is 5.88 Å². The number of halogens is 3. The predicted octanol–water partition coefficient (Wildman–Crippen LogP) is 1.45. The Morgan fingerprint density at radius 2 is 2.00 bits per heavy atom. The van der Waals surface area contributed by atoms with Crippen molar-refractivity contribution in [2.45, 2.75) is 6.18 Å². The average molecular weight is 203 g/mol. The van der Waals surface area contributed by atoms with Gasteiger partial charge in [0.05, 0.1) is 6.20 Å². The molecule has 74 valence electrons. The minimum atomic E-state index is -4.49. The number of aromatic nitrogens is 3. The Morgan fingerprint density at radius 1 is 1.29 bits per heavy atom. The average Bonchev–Trinajstić information content (AvgIpc) is 2.47. The molecule has 0 aliphatic carbocycles. The number of hydrogen-bond acceptors (Lipinski definition) is 3. The van der Waals surface area contributed by atoms with E-state index in [9.17, 15) is 13.2 Å². The molecular formula is C7H4F3N3O. The van der Waals surface area contributed by atoms with Crippen molar-refractivity contribution in [2.75, 3.05) is 0 Å². The van der Waals surface area contributed by atoms with Gasteiger partial charge in [0.15, 0.2) is 0 Å². The summed E-state index contributed by atoms with van der Waals surface area (Å²) in [6.45, 7) is 0.